The lowest BCUT2D eigenvalue weighted by Crippen LogP contribution is -2.11. The lowest BCUT2D eigenvalue weighted by atomic mass is 9.99. The van der Waals surface area contributed by atoms with E-state index in [4.69, 9.17) is 23.2 Å². The molecule has 0 atom stereocenters. The van der Waals surface area contributed by atoms with E-state index in [1.807, 2.05) is 12.1 Å². The fourth-order valence-corrected chi connectivity index (χ4v) is 2.69. The van der Waals surface area contributed by atoms with Gasteiger partial charge in [-0.1, -0.05) is 42.3 Å². The molecule has 0 heterocycles. The molecule has 1 nitrogen and oxygen atoms in total. The Morgan fingerprint density at radius 2 is 1.65 bits per heavy atom. The van der Waals surface area contributed by atoms with E-state index in [1.54, 1.807) is 0 Å². The molecule has 2 rings (SSSR count). The van der Waals surface area contributed by atoms with Gasteiger partial charge >= 0.3 is 0 Å². The fourth-order valence-electron chi connectivity index (χ4n) is 2.12. The number of aryl methyl sites for hydroxylation is 2. The van der Waals surface area contributed by atoms with Gasteiger partial charge in [0, 0.05) is 22.2 Å². The number of hydrogen-bond donors (Lipinski definition) is 1. The maximum Gasteiger partial charge on any atom is 0.0487 e. The quantitative estimate of drug-likeness (QED) is 0.799. The van der Waals surface area contributed by atoms with Crippen molar-refractivity contribution in [2.45, 2.75) is 27.3 Å². The van der Waals surface area contributed by atoms with Crippen molar-refractivity contribution in [1.29, 1.82) is 0 Å². The second-order valence-electron chi connectivity index (χ2n) is 5.00. The van der Waals surface area contributed by atoms with Crippen molar-refractivity contribution in [3.05, 3.63) is 57.1 Å². The van der Waals surface area contributed by atoms with Crippen molar-refractivity contribution >= 4 is 23.2 Å². The molecular formula is C17H19Cl2N. The Balaban J connectivity index is 2.39. The third-order valence-corrected chi connectivity index (χ3v) is 4.18. The van der Waals surface area contributed by atoms with Crippen LogP contribution in [0.1, 0.15) is 23.6 Å². The van der Waals surface area contributed by atoms with E-state index in [0.717, 1.165) is 39.8 Å². The van der Waals surface area contributed by atoms with E-state index in [-0.39, 0.29) is 0 Å². The Hall–Kier alpha value is -1.02. The summed E-state index contributed by atoms with van der Waals surface area (Å²) >= 11 is 12.7. The zero-order chi connectivity index (χ0) is 14.7. The smallest absolute Gasteiger partial charge is 0.0487 e. The summed E-state index contributed by atoms with van der Waals surface area (Å²) in [6.07, 6.45) is 0. The summed E-state index contributed by atoms with van der Waals surface area (Å²) in [4.78, 5) is 0. The Morgan fingerprint density at radius 1 is 0.950 bits per heavy atom. The summed E-state index contributed by atoms with van der Waals surface area (Å²) < 4.78 is 0. The third-order valence-electron chi connectivity index (χ3n) is 3.51. The minimum absolute atomic E-state index is 0.767. The molecule has 0 aliphatic heterocycles. The summed E-state index contributed by atoms with van der Waals surface area (Å²) in [6, 6.07) is 10.3. The first-order chi connectivity index (χ1) is 9.52. The van der Waals surface area contributed by atoms with Gasteiger partial charge in [0.25, 0.3) is 0 Å². The van der Waals surface area contributed by atoms with Gasteiger partial charge < -0.3 is 5.32 Å². The average molecular weight is 308 g/mol. The van der Waals surface area contributed by atoms with Crippen molar-refractivity contribution in [2.75, 3.05) is 6.54 Å². The molecule has 0 fully saturated rings. The molecule has 106 valence electrons. The molecule has 0 bridgehead atoms. The number of benzene rings is 2. The normalized spacial score (nSPS) is 10.8. The van der Waals surface area contributed by atoms with Gasteiger partial charge in [-0.15, -0.1) is 0 Å². The number of hydrogen-bond acceptors (Lipinski definition) is 1. The highest BCUT2D eigenvalue weighted by atomic mass is 35.5. The molecule has 0 saturated heterocycles. The standard InChI is InChI=1S/C17H19Cl2N/c1-4-20-10-14-6-5-13(9-16(14)18)15-7-11(2)12(3)8-17(15)19/h5-9,20H,4,10H2,1-3H3. The molecule has 0 unspecified atom stereocenters. The van der Waals surface area contributed by atoms with E-state index in [1.165, 1.54) is 11.1 Å². The molecule has 0 aromatic heterocycles. The van der Waals surface area contributed by atoms with Crippen LogP contribution in [0.3, 0.4) is 0 Å². The number of nitrogens with one attached hydrogen (secondary N) is 1. The Morgan fingerprint density at radius 3 is 2.30 bits per heavy atom. The van der Waals surface area contributed by atoms with Crippen LogP contribution in [0, 0.1) is 13.8 Å². The lowest BCUT2D eigenvalue weighted by Gasteiger charge is -2.11. The average Bonchev–Trinajstić information content (AvgIpc) is 2.41. The molecule has 0 radical (unpaired) electrons. The predicted molar refractivity (Wildman–Crippen MR) is 88.8 cm³/mol. The highest BCUT2D eigenvalue weighted by Gasteiger charge is 2.08. The van der Waals surface area contributed by atoms with Crippen LogP contribution in [-0.2, 0) is 6.54 Å². The van der Waals surface area contributed by atoms with Crippen LogP contribution < -0.4 is 5.32 Å². The van der Waals surface area contributed by atoms with Gasteiger partial charge in [0.15, 0.2) is 0 Å². The predicted octanol–water partition coefficient (Wildman–Crippen LogP) is 5.39. The van der Waals surface area contributed by atoms with Crippen LogP contribution in [0.25, 0.3) is 11.1 Å². The minimum Gasteiger partial charge on any atom is -0.313 e. The van der Waals surface area contributed by atoms with Crippen molar-refractivity contribution < 1.29 is 0 Å². The molecule has 0 spiro atoms. The van der Waals surface area contributed by atoms with Crippen molar-refractivity contribution in [2.24, 2.45) is 0 Å². The Kier molecular flexibility index (Phi) is 5.09. The first-order valence-corrected chi connectivity index (χ1v) is 7.54. The second kappa shape index (κ2) is 6.62. The van der Waals surface area contributed by atoms with Crippen LogP contribution in [-0.4, -0.2) is 6.54 Å². The summed E-state index contributed by atoms with van der Waals surface area (Å²) in [5.41, 5.74) is 5.64. The van der Waals surface area contributed by atoms with Gasteiger partial charge in [0.1, 0.15) is 0 Å². The van der Waals surface area contributed by atoms with Gasteiger partial charge in [-0.25, -0.2) is 0 Å². The molecular weight excluding hydrogens is 289 g/mol. The first-order valence-electron chi connectivity index (χ1n) is 6.79. The summed E-state index contributed by atoms with van der Waals surface area (Å²) in [6.45, 7) is 7.96. The fraction of sp³-hybridized carbons (Fsp3) is 0.294. The van der Waals surface area contributed by atoms with Gasteiger partial charge in [-0.05, 0) is 60.8 Å². The minimum atomic E-state index is 0.767. The molecule has 20 heavy (non-hydrogen) atoms. The molecule has 0 aliphatic carbocycles. The van der Waals surface area contributed by atoms with Gasteiger partial charge in [-0.3, -0.25) is 0 Å². The van der Waals surface area contributed by atoms with Crippen LogP contribution >= 0.6 is 23.2 Å². The molecule has 0 amide bonds. The lowest BCUT2D eigenvalue weighted by molar-refractivity contribution is 0.727. The van der Waals surface area contributed by atoms with E-state index in [0.29, 0.717) is 0 Å². The maximum absolute atomic E-state index is 6.36. The van der Waals surface area contributed by atoms with Crippen LogP contribution in [0.5, 0.6) is 0 Å². The van der Waals surface area contributed by atoms with E-state index >= 15 is 0 Å². The van der Waals surface area contributed by atoms with Crippen molar-refractivity contribution in [1.82, 2.24) is 5.32 Å². The first kappa shape index (κ1) is 15.4. The maximum atomic E-state index is 6.36. The van der Waals surface area contributed by atoms with Crippen LogP contribution in [0.15, 0.2) is 30.3 Å². The monoisotopic (exact) mass is 307 g/mol. The molecule has 3 heteroatoms. The highest BCUT2D eigenvalue weighted by Crippen LogP contribution is 2.33. The van der Waals surface area contributed by atoms with Crippen molar-refractivity contribution in [3.8, 4) is 11.1 Å². The molecule has 2 aromatic carbocycles. The topological polar surface area (TPSA) is 12.0 Å². The zero-order valence-corrected chi connectivity index (χ0v) is 13.6. The zero-order valence-electron chi connectivity index (χ0n) is 12.1. The van der Waals surface area contributed by atoms with Gasteiger partial charge in [0.2, 0.25) is 0 Å². The summed E-state index contributed by atoms with van der Waals surface area (Å²) in [5.74, 6) is 0. The Bertz CT molecular complexity index is 621. The van der Waals surface area contributed by atoms with Gasteiger partial charge in [0.05, 0.1) is 0 Å². The molecule has 1 N–H and O–H groups in total. The second-order valence-corrected chi connectivity index (χ2v) is 5.82. The SMILES string of the molecule is CCNCc1ccc(-c2cc(C)c(C)cc2Cl)cc1Cl. The molecule has 0 saturated carbocycles. The van der Waals surface area contributed by atoms with Crippen LogP contribution in [0.2, 0.25) is 10.0 Å². The summed E-state index contributed by atoms with van der Waals surface area (Å²) in [5, 5.41) is 4.82. The van der Waals surface area contributed by atoms with E-state index in [9.17, 15) is 0 Å². The van der Waals surface area contributed by atoms with E-state index in [2.05, 4.69) is 44.3 Å². The largest absolute Gasteiger partial charge is 0.313 e. The van der Waals surface area contributed by atoms with E-state index < -0.39 is 0 Å². The van der Waals surface area contributed by atoms with Crippen molar-refractivity contribution in [3.63, 3.8) is 0 Å². The van der Waals surface area contributed by atoms with Gasteiger partial charge in [-0.2, -0.15) is 0 Å². The number of rotatable bonds is 4. The summed E-state index contributed by atoms with van der Waals surface area (Å²) in [7, 11) is 0. The van der Waals surface area contributed by atoms with Crippen LogP contribution in [0.4, 0.5) is 0 Å². The Labute approximate surface area is 130 Å². The highest BCUT2D eigenvalue weighted by molar-refractivity contribution is 6.34. The third kappa shape index (κ3) is 3.35. The molecule has 0 aliphatic rings. The number of halogens is 2. The molecule has 2 aromatic rings.